The zero-order valence-electron chi connectivity index (χ0n) is 12.2. The average Bonchev–Trinajstić information content (AvgIpc) is 2.48. The van der Waals surface area contributed by atoms with Gasteiger partial charge in [0.05, 0.1) is 9.80 Å². The highest BCUT2D eigenvalue weighted by Gasteiger charge is 2.18. The first-order valence-corrected chi connectivity index (χ1v) is 8.20. The van der Waals surface area contributed by atoms with E-state index in [2.05, 4.69) is 0 Å². The Labute approximate surface area is 126 Å². The number of allylic oxidation sites excluding steroid dienone is 2. The molecule has 0 amide bonds. The summed E-state index contributed by atoms with van der Waals surface area (Å²) in [7, 11) is -3.51. The lowest BCUT2D eigenvalue weighted by Crippen LogP contribution is -2.03. The van der Waals surface area contributed by atoms with Crippen LogP contribution < -0.4 is 0 Å². The summed E-state index contributed by atoms with van der Waals surface area (Å²) >= 11 is 0. The maximum Gasteiger partial charge on any atom is 0.206 e. The van der Waals surface area contributed by atoms with Gasteiger partial charge in [0, 0.05) is 0 Å². The fourth-order valence-corrected chi connectivity index (χ4v) is 3.40. The van der Waals surface area contributed by atoms with Crippen LogP contribution >= 0.6 is 0 Å². The minimum Gasteiger partial charge on any atom is -0.219 e. The van der Waals surface area contributed by atoms with Gasteiger partial charge in [0.2, 0.25) is 9.84 Å². The molecule has 2 aromatic rings. The van der Waals surface area contributed by atoms with Crippen LogP contribution in [-0.2, 0) is 9.84 Å². The summed E-state index contributed by atoms with van der Waals surface area (Å²) in [4.78, 5) is 0.615. The largest absolute Gasteiger partial charge is 0.219 e. The van der Waals surface area contributed by atoms with Gasteiger partial charge in [-0.05, 0) is 43.7 Å². The SMILES string of the molecule is CC(C)=CC(=Cc1ccccc1)S(=O)(=O)c1ccccc1. The molecule has 0 aromatic heterocycles. The number of sulfone groups is 1. The lowest BCUT2D eigenvalue weighted by Gasteiger charge is -2.07. The van der Waals surface area contributed by atoms with Gasteiger partial charge >= 0.3 is 0 Å². The Morgan fingerprint density at radius 1 is 0.857 bits per heavy atom. The van der Waals surface area contributed by atoms with Gasteiger partial charge in [0.15, 0.2) is 0 Å². The third kappa shape index (κ3) is 3.92. The summed E-state index contributed by atoms with van der Waals surface area (Å²) in [5.41, 5.74) is 1.81. The maximum absolute atomic E-state index is 12.8. The molecule has 0 spiro atoms. The number of benzene rings is 2. The van der Waals surface area contributed by atoms with E-state index in [9.17, 15) is 8.42 Å². The van der Waals surface area contributed by atoms with Crippen molar-refractivity contribution in [2.75, 3.05) is 0 Å². The molecule has 0 N–H and O–H groups in total. The van der Waals surface area contributed by atoms with E-state index in [0.717, 1.165) is 11.1 Å². The van der Waals surface area contributed by atoms with E-state index in [1.54, 1.807) is 42.5 Å². The molecule has 0 aliphatic heterocycles. The van der Waals surface area contributed by atoms with Gasteiger partial charge in [-0.1, -0.05) is 54.1 Å². The normalized spacial score (nSPS) is 12.0. The second-order valence-corrected chi connectivity index (χ2v) is 6.95. The Balaban J connectivity index is 2.57. The van der Waals surface area contributed by atoms with Gasteiger partial charge in [0.25, 0.3) is 0 Å². The molecular weight excluding hydrogens is 280 g/mol. The Kier molecular flexibility index (Phi) is 4.76. The third-order valence-electron chi connectivity index (χ3n) is 2.90. The van der Waals surface area contributed by atoms with E-state index < -0.39 is 9.84 Å². The molecule has 0 atom stereocenters. The van der Waals surface area contributed by atoms with Gasteiger partial charge in [0.1, 0.15) is 0 Å². The molecule has 0 aliphatic rings. The maximum atomic E-state index is 12.8. The first-order chi connectivity index (χ1) is 10.00. The lowest BCUT2D eigenvalue weighted by atomic mass is 10.2. The Hall–Kier alpha value is -2.13. The van der Waals surface area contributed by atoms with E-state index in [1.165, 1.54) is 0 Å². The standard InChI is InChI=1S/C18H18O2S/c1-15(2)13-18(14-16-9-5-3-6-10-16)21(19,20)17-11-7-4-8-12-17/h3-14H,1-2H3. The van der Waals surface area contributed by atoms with Crippen LogP contribution in [0.4, 0.5) is 0 Å². The van der Waals surface area contributed by atoms with Crippen LogP contribution in [0.25, 0.3) is 6.08 Å². The van der Waals surface area contributed by atoms with Crippen LogP contribution in [0, 0.1) is 0 Å². The predicted octanol–water partition coefficient (Wildman–Crippen LogP) is 4.47. The zero-order chi connectivity index (χ0) is 15.3. The second kappa shape index (κ2) is 6.55. The van der Waals surface area contributed by atoms with Crippen LogP contribution in [0.5, 0.6) is 0 Å². The minimum absolute atomic E-state index is 0.305. The third-order valence-corrected chi connectivity index (χ3v) is 4.65. The molecule has 3 heteroatoms. The minimum atomic E-state index is -3.51. The summed E-state index contributed by atoms with van der Waals surface area (Å²) < 4.78 is 25.5. The highest BCUT2D eigenvalue weighted by molar-refractivity contribution is 7.95. The van der Waals surface area contributed by atoms with Crippen molar-refractivity contribution in [1.29, 1.82) is 0 Å². The first kappa shape index (κ1) is 15.3. The summed E-state index contributed by atoms with van der Waals surface area (Å²) in [6.45, 7) is 3.78. The van der Waals surface area contributed by atoms with Gasteiger partial charge < -0.3 is 0 Å². The smallest absolute Gasteiger partial charge is 0.206 e. The van der Waals surface area contributed by atoms with E-state index in [4.69, 9.17) is 0 Å². The molecule has 0 radical (unpaired) electrons. The molecule has 0 unspecified atom stereocenters. The molecule has 0 saturated carbocycles. The van der Waals surface area contributed by atoms with Crippen molar-refractivity contribution in [2.45, 2.75) is 18.7 Å². The van der Waals surface area contributed by atoms with Gasteiger partial charge in [-0.2, -0.15) is 0 Å². The van der Waals surface area contributed by atoms with Crippen molar-refractivity contribution < 1.29 is 8.42 Å². The van der Waals surface area contributed by atoms with Crippen molar-refractivity contribution >= 4 is 15.9 Å². The van der Waals surface area contributed by atoms with Crippen molar-refractivity contribution in [3.63, 3.8) is 0 Å². The molecule has 0 fully saturated rings. The fourth-order valence-electron chi connectivity index (χ4n) is 1.93. The van der Waals surface area contributed by atoms with Crippen LogP contribution in [0.2, 0.25) is 0 Å². The molecule has 2 aromatic carbocycles. The van der Waals surface area contributed by atoms with Crippen molar-refractivity contribution in [3.8, 4) is 0 Å². The van der Waals surface area contributed by atoms with Gasteiger partial charge in [-0.25, -0.2) is 8.42 Å². The molecule has 0 saturated heterocycles. The van der Waals surface area contributed by atoms with Crippen molar-refractivity contribution in [2.24, 2.45) is 0 Å². The highest BCUT2D eigenvalue weighted by atomic mass is 32.2. The molecule has 2 rings (SSSR count). The summed E-state index contributed by atoms with van der Waals surface area (Å²) in [6, 6.07) is 18.0. The number of rotatable bonds is 4. The van der Waals surface area contributed by atoms with Crippen LogP contribution in [0.15, 0.2) is 82.1 Å². The zero-order valence-corrected chi connectivity index (χ0v) is 13.0. The lowest BCUT2D eigenvalue weighted by molar-refractivity contribution is 0.603. The Bertz CT molecular complexity index is 751. The summed E-state index contributed by atoms with van der Waals surface area (Å²) in [5, 5.41) is 0. The number of hydrogen-bond donors (Lipinski definition) is 0. The van der Waals surface area contributed by atoms with E-state index in [-0.39, 0.29) is 0 Å². The molecule has 0 aliphatic carbocycles. The van der Waals surface area contributed by atoms with Crippen LogP contribution in [0.3, 0.4) is 0 Å². The quantitative estimate of drug-likeness (QED) is 0.781. The van der Waals surface area contributed by atoms with E-state index in [1.807, 2.05) is 44.2 Å². The predicted molar refractivity (Wildman–Crippen MR) is 87.5 cm³/mol. The van der Waals surface area contributed by atoms with Crippen molar-refractivity contribution in [1.82, 2.24) is 0 Å². The monoisotopic (exact) mass is 298 g/mol. The molecule has 0 heterocycles. The molecule has 0 bridgehead atoms. The van der Waals surface area contributed by atoms with Crippen LogP contribution in [-0.4, -0.2) is 8.42 Å². The van der Waals surface area contributed by atoms with E-state index >= 15 is 0 Å². The molecular formula is C18H18O2S. The molecule has 2 nitrogen and oxygen atoms in total. The summed E-state index contributed by atoms with van der Waals surface area (Å²) in [5.74, 6) is 0. The first-order valence-electron chi connectivity index (χ1n) is 6.72. The second-order valence-electron chi connectivity index (χ2n) is 5.00. The average molecular weight is 298 g/mol. The fraction of sp³-hybridized carbons (Fsp3) is 0.111. The Morgan fingerprint density at radius 3 is 1.90 bits per heavy atom. The Morgan fingerprint density at radius 2 is 1.38 bits per heavy atom. The number of hydrogen-bond acceptors (Lipinski definition) is 2. The van der Waals surface area contributed by atoms with Crippen molar-refractivity contribution in [3.05, 3.63) is 82.8 Å². The molecule has 108 valence electrons. The van der Waals surface area contributed by atoms with Gasteiger partial charge in [-0.15, -0.1) is 0 Å². The summed E-state index contributed by atoms with van der Waals surface area (Å²) in [6.07, 6.45) is 3.41. The highest BCUT2D eigenvalue weighted by Crippen LogP contribution is 2.23. The topological polar surface area (TPSA) is 34.1 Å². The molecule has 21 heavy (non-hydrogen) atoms. The van der Waals surface area contributed by atoms with Crippen LogP contribution in [0.1, 0.15) is 19.4 Å². The van der Waals surface area contributed by atoms with Gasteiger partial charge in [-0.3, -0.25) is 0 Å². The van der Waals surface area contributed by atoms with E-state index in [0.29, 0.717) is 9.80 Å².